The first kappa shape index (κ1) is 12.0. The summed E-state index contributed by atoms with van der Waals surface area (Å²) in [4.78, 5) is 2.56. The summed E-state index contributed by atoms with van der Waals surface area (Å²) in [5, 5.41) is 0. The van der Waals surface area contributed by atoms with Crippen molar-refractivity contribution in [1.29, 1.82) is 0 Å². The van der Waals surface area contributed by atoms with Crippen LogP contribution in [0.25, 0.3) is 0 Å². The molecule has 0 aromatic carbocycles. The van der Waals surface area contributed by atoms with Crippen LogP contribution >= 0.6 is 0 Å². The van der Waals surface area contributed by atoms with Gasteiger partial charge in [0.25, 0.3) is 0 Å². The molecule has 1 aliphatic heterocycles. The van der Waals surface area contributed by atoms with Crippen molar-refractivity contribution in [3.8, 4) is 0 Å². The highest BCUT2D eigenvalue weighted by Gasteiger charge is 2.14. The van der Waals surface area contributed by atoms with Gasteiger partial charge in [-0.2, -0.15) is 0 Å². The lowest BCUT2D eigenvalue weighted by atomic mass is 9.98. The lowest BCUT2D eigenvalue weighted by molar-refractivity contribution is 0.0296. The zero-order valence-electron chi connectivity index (χ0n) is 9.80. The molecular weight excluding hydrogens is 174 g/mol. The van der Waals surface area contributed by atoms with Crippen molar-refractivity contribution in [2.75, 3.05) is 32.8 Å². The summed E-state index contributed by atoms with van der Waals surface area (Å²) >= 11 is 0. The third-order valence-electron chi connectivity index (χ3n) is 3.16. The summed E-state index contributed by atoms with van der Waals surface area (Å²) in [6, 6.07) is 0. The van der Waals surface area contributed by atoms with Gasteiger partial charge in [-0.1, -0.05) is 33.1 Å². The smallest absolute Gasteiger partial charge is 0.0594 e. The fourth-order valence-corrected chi connectivity index (χ4v) is 2.07. The van der Waals surface area contributed by atoms with Crippen molar-refractivity contribution in [2.24, 2.45) is 5.92 Å². The van der Waals surface area contributed by atoms with Gasteiger partial charge in [-0.25, -0.2) is 0 Å². The number of hydrogen-bond donors (Lipinski definition) is 0. The molecule has 1 fully saturated rings. The second-order valence-corrected chi connectivity index (χ2v) is 4.33. The predicted octanol–water partition coefficient (Wildman–Crippen LogP) is 2.54. The van der Waals surface area contributed by atoms with E-state index in [1.165, 1.54) is 32.2 Å². The first-order chi connectivity index (χ1) is 6.86. The van der Waals surface area contributed by atoms with Crippen molar-refractivity contribution in [2.45, 2.75) is 39.5 Å². The van der Waals surface area contributed by atoms with Crippen molar-refractivity contribution in [1.82, 2.24) is 4.90 Å². The molecule has 0 aromatic heterocycles. The third kappa shape index (κ3) is 4.43. The molecule has 0 aliphatic carbocycles. The first-order valence-electron chi connectivity index (χ1n) is 6.16. The maximum absolute atomic E-state index is 5.35. The maximum Gasteiger partial charge on any atom is 0.0594 e. The highest BCUT2D eigenvalue weighted by molar-refractivity contribution is 4.67. The summed E-state index contributed by atoms with van der Waals surface area (Å²) in [6.07, 6.45) is 5.46. The zero-order chi connectivity index (χ0) is 10.2. The minimum Gasteiger partial charge on any atom is -0.379 e. The van der Waals surface area contributed by atoms with Gasteiger partial charge in [0.2, 0.25) is 0 Å². The van der Waals surface area contributed by atoms with E-state index in [4.69, 9.17) is 4.74 Å². The summed E-state index contributed by atoms with van der Waals surface area (Å²) in [6.45, 7) is 10.0. The summed E-state index contributed by atoms with van der Waals surface area (Å²) in [7, 11) is 0. The second-order valence-electron chi connectivity index (χ2n) is 4.33. The Kier molecular flexibility index (Phi) is 6.20. The van der Waals surface area contributed by atoms with Gasteiger partial charge in [0.15, 0.2) is 0 Å². The van der Waals surface area contributed by atoms with E-state index in [1.54, 1.807) is 0 Å². The fraction of sp³-hybridized carbons (Fsp3) is 1.00. The third-order valence-corrected chi connectivity index (χ3v) is 3.16. The Morgan fingerprint density at radius 2 is 1.93 bits per heavy atom. The number of unbranched alkanes of at least 4 members (excludes halogenated alkanes) is 1. The second kappa shape index (κ2) is 7.24. The van der Waals surface area contributed by atoms with Crippen LogP contribution in [-0.2, 0) is 4.74 Å². The molecular formula is C12H25NO. The summed E-state index contributed by atoms with van der Waals surface area (Å²) in [5.41, 5.74) is 0. The van der Waals surface area contributed by atoms with E-state index >= 15 is 0 Å². The van der Waals surface area contributed by atoms with Crippen LogP contribution in [-0.4, -0.2) is 37.7 Å². The van der Waals surface area contributed by atoms with Crippen LogP contribution in [0.15, 0.2) is 0 Å². The normalized spacial score (nSPS) is 21.0. The Bertz CT molecular complexity index is 132. The monoisotopic (exact) mass is 199 g/mol. The number of nitrogens with zero attached hydrogens (tertiary/aromatic N) is 1. The molecule has 0 radical (unpaired) electrons. The van der Waals surface area contributed by atoms with Crippen LogP contribution in [0.3, 0.4) is 0 Å². The van der Waals surface area contributed by atoms with Gasteiger partial charge in [-0.3, -0.25) is 4.90 Å². The molecule has 0 unspecified atom stereocenters. The van der Waals surface area contributed by atoms with Crippen LogP contribution in [0.4, 0.5) is 0 Å². The molecule has 2 heteroatoms. The first-order valence-corrected chi connectivity index (χ1v) is 6.16. The Labute approximate surface area is 88.6 Å². The van der Waals surface area contributed by atoms with Crippen LogP contribution in [0, 0.1) is 5.92 Å². The quantitative estimate of drug-likeness (QED) is 0.652. The molecule has 0 saturated carbocycles. The van der Waals surface area contributed by atoms with Crippen LogP contribution < -0.4 is 0 Å². The van der Waals surface area contributed by atoms with Crippen LogP contribution in [0.5, 0.6) is 0 Å². The summed E-state index contributed by atoms with van der Waals surface area (Å²) < 4.78 is 5.35. The maximum atomic E-state index is 5.35. The molecule has 1 saturated heterocycles. The molecule has 1 heterocycles. The minimum absolute atomic E-state index is 0.910. The number of ether oxygens (including phenoxy) is 1. The molecule has 1 atom stereocenters. The van der Waals surface area contributed by atoms with Gasteiger partial charge < -0.3 is 4.74 Å². The molecule has 2 nitrogen and oxygen atoms in total. The van der Waals surface area contributed by atoms with Crippen LogP contribution in [0.1, 0.15) is 39.5 Å². The lowest BCUT2D eigenvalue weighted by Gasteiger charge is -2.30. The Hall–Kier alpha value is -0.0800. The number of hydrogen-bond acceptors (Lipinski definition) is 2. The highest BCUT2D eigenvalue weighted by atomic mass is 16.5. The molecule has 0 bridgehead atoms. The van der Waals surface area contributed by atoms with Gasteiger partial charge >= 0.3 is 0 Å². The number of morpholine rings is 1. The van der Waals surface area contributed by atoms with E-state index in [9.17, 15) is 0 Å². The van der Waals surface area contributed by atoms with E-state index in [-0.39, 0.29) is 0 Å². The standard InChI is InChI=1S/C12H25NO/c1-3-5-6-12(4-2)11-13-7-9-14-10-8-13/h12H,3-11H2,1-2H3/t12-/m1/s1. The fourth-order valence-electron chi connectivity index (χ4n) is 2.07. The Morgan fingerprint density at radius 3 is 2.50 bits per heavy atom. The van der Waals surface area contributed by atoms with Gasteiger partial charge in [0.1, 0.15) is 0 Å². The molecule has 14 heavy (non-hydrogen) atoms. The zero-order valence-corrected chi connectivity index (χ0v) is 9.80. The highest BCUT2D eigenvalue weighted by Crippen LogP contribution is 2.14. The van der Waals surface area contributed by atoms with E-state index in [2.05, 4.69) is 18.7 Å². The Morgan fingerprint density at radius 1 is 1.21 bits per heavy atom. The van der Waals surface area contributed by atoms with Gasteiger partial charge in [0.05, 0.1) is 13.2 Å². The SMILES string of the molecule is CCCC[C@@H](CC)CN1CCOCC1. The molecule has 1 aliphatic rings. The van der Waals surface area contributed by atoms with Crippen molar-refractivity contribution in [3.63, 3.8) is 0 Å². The average molecular weight is 199 g/mol. The molecule has 84 valence electrons. The molecule has 0 aromatic rings. The van der Waals surface area contributed by atoms with Crippen molar-refractivity contribution < 1.29 is 4.74 Å². The molecule has 0 spiro atoms. The minimum atomic E-state index is 0.910. The molecule has 1 rings (SSSR count). The molecule has 0 amide bonds. The van der Waals surface area contributed by atoms with E-state index in [0.717, 1.165) is 32.2 Å². The van der Waals surface area contributed by atoms with E-state index < -0.39 is 0 Å². The van der Waals surface area contributed by atoms with Crippen molar-refractivity contribution >= 4 is 0 Å². The van der Waals surface area contributed by atoms with E-state index in [1.807, 2.05) is 0 Å². The van der Waals surface area contributed by atoms with Gasteiger partial charge in [-0.05, 0) is 12.3 Å². The number of rotatable bonds is 6. The molecule has 0 N–H and O–H groups in total. The van der Waals surface area contributed by atoms with Gasteiger partial charge in [-0.15, -0.1) is 0 Å². The van der Waals surface area contributed by atoms with Crippen LogP contribution in [0.2, 0.25) is 0 Å². The topological polar surface area (TPSA) is 12.5 Å². The van der Waals surface area contributed by atoms with Gasteiger partial charge in [0, 0.05) is 19.6 Å². The average Bonchev–Trinajstić information content (AvgIpc) is 2.25. The van der Waals surface area contributed by atoms with E-state index in [0.29, 0.717) is 0 Å². The Balaban J connectivity index is 2.16. The summed E-state index contributed by atoms with van der Waals surface area (Å²) in [5.74, 6) is 0.910. The van der Waals surface area contributed by atoms with Crippen molar-refractivity contribution in [3.05, 3.63) is 0 Å². The predicted molar refractivity (Wildman–Crippen MR) is 60.6 cm³/mol. The lowest BCUT2D eigenvalue weighted by Crippen LogP contribution is -2.39. The largest absolute Gasteiger partial charge is 0.379 e.